The van der Waals surface area contributed by atoms with Gasteiger partial charge in [-0.2, -0.15) is 0 Å². The zero-order chi connectivity index (χ0) is 12.8. The van der Waals surface area contributed by atoms with E-state index in [9.17, 15) is 4.21 Å². The van der Waals surface area contributed by atoms with Crippen molar-refractivity contribution in [2.24, 2.45) is 0 Å². The highest BCUT2D eigenvalue weighted by molar-refractivity contribution is 7.85. The molecule has 0 heterocycles. The Morgan fingerprint density at radius 3 is 2.56 bits per heavy atom. The van der Waals surface area contributed by atoms with Crippen LogP contribution in [0.5, 0.6) is 5.75 Å². The fraction of sp³-hybridized carbons (Fsp3) is 0.200. The first-order valence-corrected chi connectivity index (χ1v) is 7.20. The molecule has 0 radical (unpaired) electrons. The Morgan fingerprint density at radius 2 is 1.83 bits per heavy atom. The molecule has 0 saturated carbocycles. The maximum Gasteiger partial charge on any atom is 0.119 e. The molecule has 0 spiro atoms. The Hall–Kier alpha value is -1.61. The van der Waals surface area contributed by atoms with E-state index in [1.165, 1.54) is 0 Å². The molecule has 0 fully saturated rings. The highest BCUT2D eigenvalue weighted by Crippen LogP contribution is 2.11. The lowest BCUT2D eigenvalue weighted by molar-refractivity contribution is 0.342. The highest BCUT2D eigenvalue weighted by atomic mass is 32.2. The molecular weight excluding hydrogens is 244 g/mol. The van der Waals surface area contributed by atoms with Crippen LogP contribution in [0.3, 0.4) is 0 Å². The molecule has 0 aliphatic carbocycles. The first-order valence-electron chi connectivity index (χ1n) is 5.88. The molecule has 1 unspecified atom stereocenters. The van der Waals surface area contributed by atoms with Crippen molar-refractivity contribution < 1.29 is 8.95 Å². The van der Waals surface area contributed by atoms with E-state index in [0.717, 1.165) is 16.2 Å². The van der Waals surface area contributed by atoms with Crippen molar-refractivity contribution in [1.82, 2.24) is 0 Å². The molecule has 2 aromatic carbocycles. The van der Waals surface area contributed by atoms with Crippen molar-refractivity contribution in [2.75, 3.05) is 12.4 Å². The van der Waals surface area contributed by atoms with Crippen LogP contribution in [0.25, 0.3) is 0 Å². The van der Waals surface area contributed by atoms with Crippen LogP contribution in [0.2, 0.25) is 0 Å². The monoisotopic (exact) mass is 260 g/mol. The predicted molar refractivity (Wildman–Crippen MR) is 74.4 cm³/mol. The summed E-state index contributed by atoms with van der Waals surface area (Å²) in [4.78, 5) is 0.867. The molecule has 2 aromatic rings. The van der Waals surface area contributed by atoms with Gasteiger partial charge in [0.25, 0.3) is 0 Å². The van der Waals surface area contributed by atoms with E-state index >= 15 is 0 Å². The van der Waals surface area contributed by atoms with E-state index in [0.29, 0.717) is 12.4 Å². The lowest BCUT2D eigenvalue weighted by Gasteiger charge is -2.06. The average Bonchev–Trinajstić information content (AvgIpc) is 2.40. The van der Waals surface area contributed by atoms with Gasteiger partial charge < -0.3 is 4.74 Å². The molecule has 94 valence electrons. The van der Waals surface area contributed by atoms with Crippen LogP contribution in [-0.4, -0.2) is 16.6 Å². The van der Waals surface area contributed by atoms with Gasteiger partial charge in [0.2, 0.25) is 0 Å². The van der Waals surface area contributed by atoms with Crippen LogP contribution in [0.1, 0.15) is 5.56 Å². The third-order valence-electron chi connectivity index (χ3n) is 2.53. The van der Waals surface area contributed by atoms with Gasteiger partial charge in [-0.3, -0.25) is 4.21 Å². The first kappa shape index (κ1) is 12.8. The smallest absolute Gasteiger partial charge is 0.119 e. The van der Waals surface area contributed by atoms with Crippen molar-refractivity contribution in [3.05, 3.63) is 60.2 Å². The number of benzene rings is 2. The van der Waals surface area contributed by atoms with Crippen molar-refractivity contribution in [2.45, 2.75) is 11.8 Å². The Labute approximate surface area is 110 Å². The zero-order valence-electron chi connectivity index (χ0n) is 10.3. The molecule has 2 rings (SSSR count). The molecular formula is C15H16O2S. The van der Waals surface area contributed by atoms with Crippen molar-refractivity contribution in [3.8, 4) is 5.75 Å². The van der Waals surface area contributed by atoms with Gasteiger partial charge in [0.1, 0.15) is 12.4 Å². The van der Waals surface area contributed by atoms with E-state index < -0.39 is 10.8 Å². The van der Waals surface area contributed by atoms with Gasteiger partial charge in [0.05, 0.1) is 16.6 Å². The van der Waals surface area contributed by atoms with Crippen LogP contribution in [-0.2, 0) is 10.8 Å². The van der Waals surface area contributed by atoms with Gasteiger partial charge in [-0.25, -0.2) is 0 Å². The Morgan fingerprint density at radius 1 is 1.06 bits per heavy atom. The summed E-state index contributed by atoms with van der Waals surface area (Å²) in [5, 5.41) is 0. The molecule has 1 atom stereocenters. The van der Waals surface area contributed by atoms with Gasteiger partial charge in [0, 0.05) is 4.90 Å². The van der Waals surface area contributed by atoms with Crippen LogP contribution in [0.4, 0.5) is 0 Å². The minimum atomic E-state index is -0.992. The summed E-state index contributed by atoms with van der Waals surface area (Å²) in [7, 11) is -0.992. The summed E-state index contributed by atoms with van der Waals surface area (Å²) in [5.74, 6) is 1.33. The highest BCUT2D eigenvalue weighted by Gasteiger charge is 2.04. The standard InChI is InChI=1S/C15H16O2S/c1-13-6-5-9-15(12-13)18(16)11-10-17-14-7-3-2-4-8-14/h2-9,12H,10-11H2,1H3. The van der Waals surface area contributed by atoms with Gasteiger partial charge in [-0.1, -0.05) is 30.3 Å². The zero-order valence-corrected chi connectivity index (χ0v) is 11.2. The second-order valence-electron chi connectivity index (χ2n) is 4.03. The summed E-state index contributed by atoms with van der Waals surface area (Å²) in [6.07, 6.45) is 0. The minimum absolute atomic E-state index is 0.463. The van der Waals surface area contributed by atoms with Crippen LogP contribution < -0.4 is 4.74 Å². The molecule has 0 N–H and O–H groups in total. The van der Waals surface area contributed by atoms with Crippen LogP contribution in [0.15, 0.2) is 59.5 Å². The molecule has 18 heavy (non-hydrogen) atoms. The number of hydrogen-bond donors (Lipinski definition) is 0. The summed E-state index contributed by atoms with van der Waals surface area (Å²) in [6.45, 7) is 2.46. The number of rotatable bonds is 5. The van der Waals surface area contributed by atoms with E-state index in [1.807, 2.05) is 61.5 Å². The van der Waals surface area contributed by atoms with Crippen molar-refractivity contribution in [3.63, 3.8) is 0 Å². The third kappa shape index (κ3) is 3.70. The van der Waals surface area contributed by atoms with E-state index in [1.54, 1.807) is 0 Å². The van der Waals surface area contributed by atoms with Crippen LogP contribution in [0, 0.1) is 6.92 Å². The fourth-order valence-electron chi connectivity index (χ4n) is 1.63. The maximum atomic E-state index is 12.0. The van der Waals surface area contributed by atoms with Crippen LogP contribution >= 0.6 is 0 Å². The molecule has 2 nitrogen and oxygen atoms in total. The summed E-state index contributed by atoms with van der Waals surface area (Å²) < 4.78 is 17.6. The Balaban J connectivity index is 1.86. The predicted octanol–water partition coefficient (Wildman–Crippen LogP) is 3.18. The maximum absolute atomic E-state index is 12.0. The number of hydrogen-bond acceptors (Lipinski definition) is 2. The Bertz CT molecular complexity index is 523. The SMILES string of the molecule is Cc1cccc(S(=O)CCOc2ccccc2)c1. The second-order valence-corrected chi connectivity index (χ2v) is 5.60. The largest absolute Gasteiger partial charge is 0.493 e. The normalized spacial score (nSPS) is 12.1. The third-order valence-corrected chi connectivity index (χ3v) is 3.85. The van der Waals surface area contributed by atoms with Gasteiger partial charge in [-0.15, -0.1) is 0 Å². The quantitative estimate of drug-likeness (QED) is 0.825. The number of aryl methyl sites for hydroxylation is 1. The molecule has 0 amide bonds. The lowest BCUT2D eigenvalue weighted by Crippen LogP contribution is -2.08. The first-order chi connectivity index (χ1) is 8.75. The van der Waals surface area contributed by atoms with Gasteiger partial charge in [-0.05, 0) is 36.8 Å². The van der Waals surface area contributed by atoms with Crippen molar-refractivity contribution in [1.29, 1.82) is 0 Å². The lowest BCUT2D eigenvalue weighted by atomic mass is 10.2. The molecule has 0 saturated heterocycles. The summed E-state index contributed by atoms with van der Waals surface area (Å²) >= 11 is 0. The minimum Gasteiger partial charge on any atom is -0.493 e. The van der Waals surface area contributed by atoms with Gasteiger partial charge >= 0.3 is 0 Å². The second kappa shape index (κ2) is 6.36. The summed E-state index contributed by atoms with van der Waals surface area (Å²) in [6, 6.07) is 17.4. The number of para-hydroxylation sites is 1. The van der Waals surface area contributed by atoms with Gasteiger partial charge in [0.15, 0.2) is 0 Å². The Kier molecular flexibility index (Phi) is 4.53. The fourth-order valence-corrected chi connectivity index (χ4v) is 2.64. The number of ether oxygens (including phenoxy) is 1. The molecule has 0 aromatic heterocycles. The van der Waals surface area contributed by atoms with E-state index in [-0.39, 0.29) is 0 Å². The molecule has 0 aliphatic heterocycles. The van der Waals surface area contributed by atoms with E-state index in [2.05, 4.69) is 0 Å². The topological polar surface area (TPSA) is 26.3 Å². The molecule has 3 heteroatoms. The summed E-state index contributed by atoms with van der Waals surface area (Å²) in [5.41, 5.74) is 1.13. The molecule has 0 bridgehead atoms. The van der Waals surface area contributed by atoms with E-state index in [4.69, 9.17) is 4.74 Å². The molecule has 0 aliphatic rings. The average molecular weight is 260 g/mol. The van der Waals surface area contributed by atoms with Crippen molar-refractivity contribution >= 4 is 10.8 Å².